The van der Waals surface area contributed by atoms with Crippen molar-refractivity contribution in [3.05, 3.63) is 59.9 Å². The molecule has 0 aliphatic carbocycles. The molecule has 4 heteroatoms. The zero-order chi connectivity index (χ0) is 17.0. The molecule has 1 N–H and O–H groups in total. The van der Waals surface area contributed by atoms with Gasteiger partial charge in [-0.25, -0.2) is 9.18 Å². The summed E-state index contributed by atoms with van der Waals surface area (Å²) in [5.41, 5.74) is 1.76. The van der Waals surface area contributed by atoms with E-state index >= 15 is 0 Å². The van der Waals surface area contributed by atoms with Crippen LogP contribution in [0.3, 0.4) is 0 Å². The molecule has 1 atom stereocenters. The average molecular weight is 315 g/mol. The molecule has 2 aromatic rings. The van der Waals surface area contributed by atoms with Crippen molar-refractivity contribution in [2.45, 2.75) is 39.3 Å². The van der Waals surface area contributed by atoms with E-state index in [2.05, 4.69) is 5.32 Å². The van der Waals surface area contributed by atoms with Crippen molar-refractivity contribution >= 4 is 6.09 Å². The zero-order valence-corrected chi connectivity index (χ0v) is 13.9. The molecule has 0 bridgehead atoms. The lowest BCUT2D eigenvalue weighted by Gasteiger charge is -2.22. The molecule has 1 amide bonds. The summed E-state index contributed by atoms with van der Waals surface area (Å²) in [6, 6.07) is 13.9. The molecule has 2 aromatic carbocycles. The van der Waals surface area contributed by atoms with Gasteiger partial charge >= 0.3 is 6.09 Å². The molecule has 0 heterocycles. The summed E-state index contributed by atoms with van der Waals surface area (Å²) in [6.07, 6.45) is -0.455. The topological polar surface area (TPSA) is 38.3 Å². The highest BCUT2D eigenvalue weighted by Crippen LogP contribution is 2.24. The van der Waals surface area contributed by atoms with E-state index in [1.165, 1.54) is 6.07 Å². The van der Waals surface area contributed by atoms with Gasteiger partial charge in [0.1, 0.15) is 11.4 Å². The first kappa shape index (κ1) is 17.0. The van der Waals surface area contributed by atoms with Crippen LogP contribution in [0.15, 0.2) is 48.5 Å². The van der Waals surface area contributed by atoms with Crippen LogP contribution >= 0.6 is 0 Å². The van der Waals surface area contributed by atoms with Gasteiger partial charge in [-0.05, 0) is 44.9 Å². The van der Waals surface area contributed by atoms with E-state index in [1.807, 2.05) is 52.0 Å². The van der Waals surface area contributed by atoms with Crippen LogP contribution in [0.1, 0.15) is 39.3 Å². The van der Waals surface area contributed by atoms with Crippen LogP contribution in [0.25, 0.3) is 11.1 Å². The maximum absolute atomic E-state index is 13.8. The maximum atomic E-state index is 13.8. The molecule has 0 spiro atoms. The van der Waals surface area contributed by atoms with Crippen molar-refractivity contribution in [3.8, 4) is 11.1 Å². The number of carbonyl (C=O) groups is 1. The van der Waals surface area contributed by atoms with E-state index in [9.17, 15) is 9.18 Å². The summed E-state index contributed by atoms with van der Waals surface area (Å²) >= 11 is 0. The molecule has 0 saturated heterocycles. The van der Waals surface area contributed by atoms with Gasteiger partial charge in [0.25, 0.3) is 0 Å². The normalized spacial score (nSPS) is 12.6. The largest absolute Gasteiger partial charge is 0.444 e. The van der Waals surface area contributed by atoms with Gasteiger partial charge in [0.2, 0.25) is 0 Å². The Morgan fingerprint density at radius 3 is 2.26 bits per heavy atom. The fraction of sp³-hybridized carbons (Fsp3) is 0.316. The predicted octanol–water partition coefficient (Wildman–Crippen LogP) is 5.08. The molecule has 0 saturated carbocycles. The van der Waals surface area contributed by atoms with Crippen molar-refractivity contribution < 1.29 is 13.9 Å². The number of hydrogen-bond acceptors (Lipinski definition) is 2. The van der Waals surface area contributed by atoms with Crippen LogP contribution in [0.4, 0.5) is 9.18 Å². The van der Waals surface area contributed by atoms with Crippen LogP contribution in [0.2, 0.25) is 0 Å². The molecule has 3 nitrogen and oxygen atoms in total. The van der Waals surface area contributed by atoms with Crippen molar-refractivity contribution in [1.29, 1.82) is 0 Å². The monoisotopic (exact) mass is 315 g/mol. The molecule has 0 unspecified atom stereocenters. The Kier molecular flexibility index (Phi) is 5.04. The summed E-state index contributed by atoms with van der Waals surface area (Å²) in [4.78, 5) is 11.8. The molecule has 0 aromatic heterocycles. The van der Waals surface area contributed by atoms with Crippen LogP contribution in [-0.2, 0) is 4.74 Å². The predicted molar refractivity (Wildman–Crippen MR) is 89.6 cm³/mol. The zero-order valence-electron chi connectivity index (χ0n) is 13.9. The highest BCUT2D eigenvalue weighted by molar-refractivity contribution is 5.69. The lowest BCUT2D eigenvalue weighted by Crippen LogP contribution is -2.34. The highest BCUT2D eigenvalue weighted by Gasteiger charge is 2.18. The van der Waals surface area contributed by atoms with Gasteiger partial charge in [-0.3, -0.25) is 0 Å². The average Bonchev–Trinajstić information content (AvgIpc) is 2.46. The van der Waals surface area contributed by atoms with Crippen LogP contribution in [-0.4, -0.2) is 11.7 Å². The standard InChI is InChI=1S/C19H22FNO2/c1-13(21-18(22)23-19(2,3)4)14-9-11-15(12-10-14)16-7-5-6-8-17(16)20/h5-13H,1-4H3,(H,21,22)/t13-/m0/s1. The minimum Gasteiger partial charge on any atom is -0.444 e. The Morgan fingerprint density at radius 1 is 1.09 bits per heavy atom. The number of alkyl carbamates (subject to hydrolysis) is 1. The molecule has 0 fully saturated rings. The van der Waals surface area contributed by atoms with E-state index in [1.54, 1.807) is 18.2 Å². The third-order valence-electron chi connectivity index (χ3n) is 3.33. The Balaban J connectivity index is 2.07. The van der Waals surface area contributed by atoms with E-state index < -0.39 is 11.7 Å². The van der Waals surface area contributed by atoms with Gasteiger partial charge in [0, 0.05) is 5.56 Å². The fourth-order valence-electron chi connectivity index (χ4n) is 2.21. The van der Waals surface area contributed by atoms with Gasteiger partial charge in [-0.2, -0.15) is 0 Å². The minimum atomic E-state index is -0.529. The lowest BCUT2D eigenvalue weighted by molar-refractivity contribution is 0.0508. The van der Waals surface area contributed by atoms with E-state index in [4.69, 9.17) is 4.74 Å². The molecule has 2 rings (SSSR count). The second-order valence-corrected chi connectivity index (χ2v) is 6.47. The number of amides is 1. The van der Waals surface area contributed by atoms with Crippen molar-refractivity contribution in [2.75, 3.05) is 0 Å². The van der Waals surface area contributed by atoms with E-state index in [0.29, 0.717) is 5.56 Å². The van der Waals surface area contributed by atoms with E-state index in [-0.39, 0.29) is 11.9 Å². The molecule has 0 aliphatic rings. The molecular weight excluding hydrogens is 293 g/mol. The van der Waals surface area contributed by atoms with Crippen molar-refractivity contribution in [2.24, 2.45) is 0 Å². The Labute approximate surface area is 136 Å². The van der Waals surface area contributed by atoms with Crippen LogP contribution in [0.5, 0.6) is 0 Å². The molecule has 23 heavy (non-hydrogen) atoms. The number of carbonyl (C=O) groups excluding carboxylic acids is 1. The quantitative estimate of drug-likeness (QED) is 0.858. The SMILES string of the molecule is C[C@H](NC(=O)OC(C)(C)C)c1ccc(-c2ccccc2F)cc1. The number of ether oxygens (including phenoxy) is 1. The Morgan fingerprint density at radius 2 is 1.70 bits per heavy atom. The summed E-state index contributed by atoms with van der Waals surface area (Å²) in [6.45, 7) is 7.34. The van der Waals surface area contributed by atoms with Gasteiger partial charge in [-0.1, -0.05) is 42.5 Å². The summed E-state index contributed by atoms with van der Waals surface area (Å²) in [5.74, 6) is -0.250. The maximum Gasteiger partial charge on any atom is 0.408 e. The number of halogens is 1. The Bertz CT molecular complexity index is 675. The molecular formula is C19H22FNO2. The lowest BCUT2D eigenvalue weighted by atomic mass is 10.0. The smallest absolute Gasteiger partial charge is 0.408 e. The van der Waals surface area contributed by atoms with Crippen molar-refractivity contribution in [3.63, 3.8) is 0 Å². The summed E-state index contributed by atoms with van der Waals surface area (Å²) in [5, 5.41) is 2.79. The van der Waals surface area contributed by atoms with Gasteiger partial charge in [0.05, 0.1) is 6.04 Å². The minimum absolute atomic E-state index is 0.195. The van der Waals surface area contributed by atoms with Crippen LogP contribution < -0.4 is 5.32 Å². The molecule has 0 radical (unpaired) electrons. The highest BCUT2D eigenvalue weighted by atomic mass is 19.1. The number of benzene rings is 2. The first-order chi connectivity index (χ1) is 10.8. The summed E-state index contributed by atoms with van der Waals surface area (Å²) < 4.78 is 19.0. The van der Waals surface area contributed by atoms with Gasteiger partial charge in [-0.15, -0.1) is 0 Å². The first-order valence-electron chi connectivity index (χ1n) is 7.60. The third kappa shape index (κ3) is 4.81. The van der Waals surface area contributed by atoms with Crippen LogP contribution in [0, 0.1) is 5.82 Å². The second-order valence-electron chi connectivity index (χ2n) is 6.47. The summed E-state index contributed by atoms with van der Waals surface area (Å²) in [7, 11) is 0. The second kappa shape index (κ2) is 6.82. The Hall–Kier alpha value is -2.36. The number of nitrogens with one attached hydrogen (secondary N) is 1. The first-order valence-corrected chi connectivity index (χ1v) is 7.60. The van der Waals surface area contributed by atoms with Crippen molar-refractivity contribution in [1.82, 2.24) is 5.32 Å². The molecule has 122 valence electrons. The third-order valence-corrected chi connectivity index (χ3v) is 3.33. The van der Waals surface area contributed by atoms with E-state index in [0.717, 1.165) is 11.1 Å². The number of rotatable bonds is 3. The van der Waals surface area contributed by atoms with Gasteiger partial charge in [0.15, 0.2) is 0 Å². The number of hydrogen-bond donors (Lipinski definition) is 1. The molecule has 0 aliphatic heterocycles. The van der Waals surface area contributed by atoms with Gasteiger partial charge < -0.3 is 10.1 Å². The fourth-order valence-corrected chi connectivity index (χ4v) is 2.21.